The lowest BCUT2D eigenvalue weighted by atomic mass is 9.96. The quantitative estimate of drug-likeness (QED) is 0.722. The summed E-state index contributed by atoms with van der Waals surface area (Å²) in [6.45, 7) is 6.55. The van der Waals surface area contributed by atoms with Crippen LogP contribution in [0.25, 0.3) is 6.08 Å². The Morgan fingerprint density at radius 2 is 2.11 bits per heavy atom. The molecule has 1 aliphatic carbocycles. The van der Waals surface area contributed by atoms with Gasteiger partial charge in [-0.1, -0.05) is 42.9 Å². The minimum atomic E-state index is -0.552. The van der Waals surface area contributed by atoms with Gasteiger partial charge >= 0.3 is 0 Å². The van der Waals surface area contributed by atoms with Crippen molar-refractivity contribution in [2.24, 2.45) is 0 Å². The molecule has 146 valence electrons. The van der Waals surface area contributed by atoms with Crippen molar-refractivity contribution < 1.29 is 9.32 Å². The minimum absolute atomic E-state index is 0.198. The van der Waals surface area contributed by atoms with Crippen LogP contribution in [0.4, 0.5) is 0 Å². The molecule has 0 radical (unpaired) electrons. The van der Waals surface area contributed by atoms with Crippen LogP contribution in [-0.4, -0.2) is 25.8 Å². The minimum Gasteiger partial charge on any atom is -0.340 e. The van der Waals surface area contributed by atoms with Gasteiger partial charge in [0.05, 0.1) is 5.69 Å². The summed E-state index contributed by atoms with van der Waals surface area (Å²) in [5.74, 6) is 0.861. The van der Waals surface area contributed by atoms with E-state index in [0.29, 0.717) is 16.9 Å². The first-order valence-electron chi connectivity index (χ1n) is 9.49. The van der Waals surface area contributed by atoms with Crippen LogP contribution in [0.3, 0.4) is 0 Å². The average Bonchev–Trinajstić information content (AvgIpc) is 3.33. The topological polar surface area (TPSA) is 85.8 Å². The number of carbonyl (C=O) groups excluding carboxylic acids is 1. The second-order valence-corrected chi connectivity index (χ2v) is 7.47. The molecule has 2 heterocycles. The Balaban J connectivity index is 1.74. The van der Waals surface area contributed by atoms with Crippen molar-refractivity contribution in [3.8, 4) is 0 Å². The number of aryl methyl sites for hydroxylation is 3. The zero-order valence-corrected chi connectivity index (χ0v) is 16.8. The first kappa shape index (κ1) is 19.6. The van der Waals surface area contributed by atoms with Crippen molar-refractivity contribution in [2.75, 3.05) is 0 Å². The second-order valence-electron chi connectivity index (χ2n) is 7.12. The van der Waals surface area contributed by atoms with Gasteiger partial charge in [0.2, 0.25) is 11.8 Å². The molecule has 0 aromatic carbocycles. The molecule has 1 N–H and O–H groups in total. The number of halogens is 1. The monoisotopic (exact) mass is 391 g/mol. The normalized spacial score (nSPS) is 16.3. The highest BCUT2D eigenvalue weighted by atomic mass is 35.5. The zero-order chi connectivity index (χ0) is 19.4. The predicted molar refractivity (Wildman–Crippen MR) is 103 cm³/mol. The number of carbonyl (C=O) groups is 1. The summed E-state index contributed by atoms with van der Waals surface area (Å²) in [7, 11) is 0. The molecule has 1 aliphatic rings. The van der Waals surface area contributed by atoms with Gasteiger partial charge in [-0.3, -0.25) is 9.48 Å². The Bertz CT molecular complexity index is 833. The van der Waals surface area contributed by atoms with Crippen LogP contribution in [0.5, 0.6) is 0 Å². The molecular weight excluding hydrogens is 366 g/mol. The summed E-state index contributed by atoms with van der Waals surface area (Å²) in [5.41, 5.74) is 1.03. The van der Waals surface area contributed by atoms with Gasteiger partial charge in [-0.05, 0) is 32.3 Å². The Kier molecular flexibility index (Phi) is 5.99. The highest BCUT2D eigenvalue weighted by Crippen LogP contribution is 2.37. The number of hydrogen-bond acceptors (Lipinski definition) is 5. The van der Waals surface area contributed by atoms with Gasteiger partial charge in [0, 0.05) is 25.1 Å². The number of hydrogen-bond donors (Lipinski definition) is 1. The van der Waals surface area contributed by atoms with Crippen LogP contribution >= 0.6 is 11.6 Å². The van der Waals surface area contributed by atoms with Crippen LogP contribution < -0.4 is 5.32 Å². The lowest BCUT2D eigenvalue weighted by Crippen LogP contribution is -2.44. The lowest BCUT2D eigenvalue weighted by Gasteiger charge is -2.25. The molecule has 0 aliphatic heterocycles. The first-order chi connectivity index (χ1) is 12.9. The summed E-state index contributed by atoms with van der Waals surface area (Å²) in [6, 6.07) is 0. The molecule has 0 bridgehead atoms. The molecule has 8 heteroatoms. The van der Waals surface area contributed by atoms with E-state index in [9.17, 15) is 4.79 Å². The van der Waals surface area contributed by atoms with E-state index in [1.807, 2.05) is 6.92 Å². The van der Waals surface area contributed by atoms with E-state index in [4.69, 9.17) is 16.1 Å². The third-order valence-corrected chi connectivity index (χ3v) is 5.41. The second kappa shape index (κ2) is 8.25. The van der Waals surface area contributed by atoms with Crippen molar-refractivity contribution in [1.29, 1.82) is 0 Å². The van der Waals surface area contributed by atoms with Crippen LogP contribution in [-0.2, 0) is 16.9 Å². The lowest BCUT2D eigenvalue weighted by molar-refractivity contribution is -0.118. The molecule has 1 amide bonds. The fourth-order valence-corrected chi connectivity index (χ4v) is 3.85. The first-order valence-corrected chi connectivity index (χ1v) is 9.87. The standard InChI is InChI=1S/C19H26ClN5O2/c1-4-5-12-25-17(20)15(13(2)23-25)8-9-16(26)22-19(10-6-7-11-19)18-21-14(3)27-24-18/h8-9H,4-7,10-12H2,1-3H3,(H,22,26)/b9-8+. The Morgan fingerprint density at radius 3 is 2.74 bits per heavy atom. The molecule has 2 aromatic rings. The molecular formula is C19H26ClN5O2. The molecule has 0 unspecified atom stereocenters. The fraction of sp³-hybridized carbons (Fsp3) is 0.579. The van der Waals surface area contributed by atoms with Crippen molar-refractivity contribution in [2.45, 2.75) is 71.4 Å². The molecule has 3 rings (SSSR count). The van der Waals surface area contributed by atoms with Crippen LogP contribution in [0, 0.1) is 13.8 Å². The van der Waals surface area contributed by atoms with E-state index in [1.54, 1.807) is 17.7 Å². The van der Waals surface area contributed by atoms with Gasteiger partial charge in [0.25, 0.3) is 0 Å². The maximum Gasteiger partial charge on any atom is 0.244 e. The van der Waals surface area contributed by atoms with Gasteiger partial charge in [-0.2, -0.15) is 10.1 Å². The van der Waals surface area contributed by atoms with E-state index < -0.39 is 5.54 Å². The number of nitrogens with zero attached hydrogens (tertiary/aromatic N) is 4. The van der Waals surface area contributed by atoms with Crippen LogP contribution in [0.2, 0.25) is 5.15 Å². The number of aromatic nitrogens is 4. The molecule has 0 spiro atoms. The van der Waals surface area contributed by atoms with E-state index >= 15 is 0 Å². The number of nitrogens with one attached hydrogen (secondary N) is 1. The third kappa shape index (κ3) is 4.24. The van der Waals surface area contributed by atoms with Gasteiger partial charge in [0.15, 0.2) is 5.82 Å². The average molecular weight is 392 g/mol. The van der Waals surface area contributed by atoms with E-state index in [-0.39, 0.29) is 5.91 Å². The highest BCUT2D eigenvalue weighted by Gasteiger charge is 2.40. The van der Waals surface area contributed by atoms with Crippen molar-refractivity contribution in [3.63, 3.8) is 0 Å². The summed E-state index contributed by atoms with van der Waals surface area (Å²) in [5, 5.41) is 12.2. The highest BCUT2D eigenvalue weighted by molar-refractivity contribution is 6.31. The van der Waals surface area contributed by atoms with Gasteiger partial charge in [0.1, 0.15) is 10.7 Å². The fourth-order valence-electron chi connectivity index (χ4n) is 3.53. The smallest absolute Gasteiger partial charge is 0.244 e. The van der Waals surface area contributed by atoms with E-state index in [1.165, 1.54) is 6.08 Å². The summed E-state index contributed by atoms with van der Waals surface area (Å²) < 4.78 is 6.91. The van der Waals surface area contributed by atoms with Gasteiger partial charge < -0.3 is 9.84 Å². The molecule has 1 saturated carbocycles. The molecule has 0 atom stereocenters. The summed E-state index contributed by atoms with van der Waals surface area (Å²) in [6.07, 6.45) is 8.97. The van der Waals surface area contributed by atoms with Crippen LogP contribution in [0.15, 0.2) is 10.6 Å². The zero-order valence-electron chi connectivity index (χ0n) is 16.1. The van der Waals surface area contributed by atoms with Crippen LogP contribution in [0.1, 0.15) is 68.4 Å². The van der Waals surface area contributed by atoms with Crippen molar-refractivity contribution in [1.82, 2.24) is 25.2 Å². The summed E-state index contributed by atoms with van der Waals surface area (Å²) >= 11 is 6.43. The molecule has 27 heavy (non-hydrogen) atoms. The third-order valence-electron chi connectivity index (χ3n) is 5.01. The molecule has 1 fully saturated rings. The largest absolute Gasteiger partial charge is 0.340 e. The van der Waals surface area contributed by atoms with Gasteiger partial charge in [-0.25, -0.2) is 0 Å². The number of unbranched alkanes of at least 4 members (excludes halogenated alkanes) is 1. The van der Waals surface area contributed by atoms with E-state index in [2.05, 4.69) is 27.5 Å². The number of amides is 1. The number of rotatable bonds is 7. The predicted octanol–water partition coefficient (Wildman–Crippen LogP) is 3.94. The Labute approximate surface area is 164 Å². The molecule has 7 nitrogen and oxygen atoms in total. The van der Waals surface area contributed by atoms with Gasteiger partial charge in [-0.15, -0.1) is 0 Å². The van der Waals surface area contributed by atoms with E-state index in [0.717, 1.165) is 56.3 Å². The Hall–Kier alpha value is -2.15. The molecule has 2 aromatic heterocycles. The van der Waals surface area contributed by atoms with Crippen molar-refractivity contribution >= 4 is 23.6 Å². The maximum absolute atomic E-state index is 12.6. The maximum atomic E-state index is 12.6. The SMILES string of the molecule is CCCCn1nc(C)c(/C=C/C(=O)NC2(c3noc(C)n3)CCCC2)c1Cl. The Morgan fingerprint density at radius 1 is 1.37 bits per heavy atom. The molecule has 0 saturated heterocycles. The summed E-state index contributed by atoms with van der Waals surface area (Å²) in [4.78, 5) is 16.9. The van der Waals surface area contributed by atoms with Crippen molar-refractivity contribution in [3.05, 3.63) is 34.2 Å².